The van der Waals surface area contributed by atoms with Gasteiger partial charge >= 0.3 is 0 Å². The Morgan fingerprint density at radius 2 is 2.28 bits per heavy atom. The quantitative estimate of drug-likeness (QED) is 0.891. The van der Waals surface area contributed by atoms with Crippen LogP contribution in [-0.2, 0) is 6.54 Å². The molecule has 0 saturated carbocycles. The average molecular weight is 268 g/mol. The van der Waals surface area contributed by atoms with Gasteiger partial charge in [0.2, 0.25) is 0 Å². The van der Waals surface area contributed by atoms with Gasteiger partial charge in [-0.1, -0.05) is 25.3 Å². The van der Waals surface area contributed by atoms with Crippen molar-refractivity contribution < 1.29 is 0 Å². The predicted molar refractivity (Wildman–Crippen MR) is 77.0 cm³/mol. The highest BCUT2D eigenvalue weighted by atomic mass is 32.1. The fraction of sp³-hybridized carbons (Fsp3) is 0.846. The van der Waals surface area contributed by atoms with Gasteiger partial charge in [0.25, 0.3) is 0 Å². The van der Waals surface area contributed by atoms with Crippen molar-refractivity contribution in [1.29, 1.82) is 0 Å². The maximum Gasteiger partial charge on any atom is 0.134 e. The van der Waals surface area contributed by atoms with E-state index in [9.17, 15) is 0 Å². The van der Waals surface area contributed by atoms with E-state index in [1.54, 1.807) is 0 Å². The number of hydrogen-bond acceptors (Lipinski definition) is 5. The van der Waals surface area contributed by atoms with E-state index in [-0.39, 0.29) is 0 Å². The molecule has 0 spiro atoms. The van der Waals surface area contributed by atoms with E-state index in [1.807, 2.05) is 0 Å². The first kappa shape index (κ1) is 13.7. The van der Waals surface area contributed by atoms with E-state index in [0.717, 1.165) is 36.8 Å². The molecule has 0 radical (unpaired) electrons. The number of anilines is 1. The van der Waals surface area contributed by atoms with E-state index < -0.39 is 0 Å². The topological polar surface area (TPSA) is 41.1 Å². The van der Waals surface area contributed by atoms with Crippen LogP contribution in [0.2, 0.25) is 0 Å². The van der Waals surface area contributed by atoms with Gasteiger partial charge in [0.1, 0.15) is 10.7 Å². The molecule has 18 heavy (non-hydrogen) atoms. The third kappa shape index (κ3) is 3.65. The Morgan fingerprint density at radius 1 is 1.44 bits per heavy atom. The number of aromatic nitrogens is 2. The molecule has 0 bridgehead atoms. The summed E-state index contributed by atoms with van der Waals surface area (Å²) in [4.78, 5) is 2.51. The summed E-state index contributed by atoms with van der Waals surface area (Å²) in [5.74, 6) is 0. The van der Waals surface area contributed by atoms with Crippen molar-refractivity contribution in [2.24, 2.45) is 5.41 Å². The van der Waals surface area contributed by atoms with Crippen LogP contribution in [0, 0.1) is 5.41 Å². The molecule has 4 nitrogen and oxygen atoms in total. The highest BCUT2D eigenvalue weighted by Gasteiger charge is 2.27. The number of hydrogen-bond donors (Lipinski definition) is 1. The van der Waals surface area contributed by atoms with Gasteiger partial charge in [-0.2, -0.15) is 0 Å². The minimum Gasteiger partial charge on any atom is -0.374 e. The number of likely N-dealkylation sites (tertiary alicyclic amines) is 1. The molecule has 102 valence electrons. The maximum atomic E-state index is 4.28. The van der Waals surface area contributed by atoms with Crippen LogP contribution in [0.3, 0.4) is 0 Å². The van der Waals surface area contributed by atoms with Crippen molar-refractivity contribution in [3.8, 4) is 0 Å². The fourth-order valence-electron chi connectivity index (χ4n) is 2.58. The van der Waals surface area contributed by atoms with E-state index in [2.05, 4.69) is 40.6 Å². The monoisotopic (exact) mass is 268 g/mol. The summed E-state index contributed by atoms with van der Waals surface area (Å²) in [6.45, 7) is 11.2. The van der Waals surface area contributed by atoms with Crippen molar-refractivity contribution in [2.75, 3.05) is 25.0 Å². The molecule has 1 aliphatic rings. The summed E-state index contributed by atoms with van der Waals surface area (Å²) < 4.78 is 4.08. The molecule has 1 aromatic heterocycles. The first-order chi connectivity index (χ1) is 8.61. The van der Waals surface area contributed by atoms with Gasteiger partial charge in [-0.3, -0.25) is 4.90 Å². The van der Waals surface area contributed by atoms with Gasteiger partial charge in [-0.25, -0.2) is 0 Å². The molecule has 5 heteroatoms. The fourth-order valence-corrected chi connectivity index (χ4v) is 3.17. The molecule has 1 aromatic rings. The Hall–Kier alpha value is -0.680. The molecule has 0 amide bonds. The second-order valence-electron chi connectivity index (χ2n) is 5.95. The standard InChI is InChI=1S/C13H24N4S/c1-4-7-14-12-11(15-16-18-12)9-17-8-5-6-13(2,3)10-17/h14H,4-10H2,1-3H3. The predicted octanol–water partition coefficient (Wildman–Crippen LogP) is 2.98. The summed E-state index contributed by atoms with van der Waals surface area (Å²) >= 11 is 1.48. The largest absolute Gasteiger partial charge is 0.374 e. The van der Waals surface area contributed by atoms with Crippen molar-refractivity contribution in [1.82, 2.24) is 14.5 Å². The van der Waals surface area contributed by atoms with E-state index >= 15 is 0 Å². The lowest BCUT2D eigenvalue weighted by Crippen LogP contribution is -2.39. The Labute approximate surface area is 114 Å². The summed E-state index contributed by atoms with van der Waals surface area (Å²) in [6, 6.07) is 0. The highest BCUT2D eigenvalue weighted by molar-refractivity contribution is 7.10. The van der Waals surface area contributed by atoms with Gasteiger partial charge in [0, 0.05) is 31.2 Å². The molecule has 1 aliphatic heterocycles. The third-order valence-corrected chi connectivity index (χ3v) is 4.17. The lowest BCUT2D eigenvalue weighted by molar-refractivity contribution is 0.110. The van der Waals surface area contributed by atoms with Crippen LogP contribution in [0.25, 0.3) is 0 Å². The number of rotatable bonds is 5. The molecule has 2 rings (SSSR count). The Morgan fingerprint density at radius 3 is 3.00 bits per heavy atom. The van der Waals surface area contributed by atoms with Crippen LogP contribution >= 0.6 is 11.5 Å². The molecule has 2 heterocycles. The lowest BCUT2D eigenvalue weighted by Gasteiger charge is -2.37. The zero-order valence-corrected chi connectivity index (χ0v) is 12.5. The molecule has 1 fully saturated rings. The van der Waals surface area contributed by atoms with Crippen LogP contribution in [0.4, 0.5) is 5.00 Å². The molecule has 0 aromatic carbocycles. The zero-order chi connectivity index (χ0) is 13.0. The van der Waals surface area contributed by atoms with Crippen LogP contribution in [0.15, 0.2) is 0 Å². The van der Waals surface area contributed by atoms with Crippen molar-refractivity contribution in [3.05, 3.63) is 5.69 Å². The lowest BCUT2D eigenvalue weighted by atomic mass is 9.84. The number of piperidine rings is 1. The Kier molecular flexibility index (Phi) is 4.56. The Balaban J connectivity index is 1.94. The summed E-state index contributed by atoms with van der Waals surface area (Å²) in [5, 5.41) is 8.85. The molecule has 0 aliphatic carbocycles. The van der Waals surface area contributed by atoms with Crippen LogP contribution in [0.1, 0.15) is 45.7 Å². The van der Waals surface area contributed by atoms with E-state index in [1.165, 1.54) is 30.9 Å². The first-order valence-electron chi connectivity index (χ1n) is 6.88. The summed E-state index contributed by atoms with van der Waals surface area (Å²) in [7, 11) is 0. The van der Waals surface area contributed by atoms with Crippen molar-refractivity contribution in [3.63, 3.8) is 0 Å². The van der Waals surface area contributed by atoms with Gasteiger partial charge in [-0.05, 0) is 31.2 Å². The summed E-state index contributed by atoms with van der Waals surface area (Å²) in [6.07, 6.45) is 3.76. The van der Waals surface area contributed by atoms with Crippen LogP contribution < -0.4 is 5.32 Å². The third-order valence-electron chi connectivity index (χ3n) is 3.44. The molecular formula is C13H24N4S. The minimum absolute atomic E-state index is 0.443. The van der Waals surface area contributed by atoms with Crippen LogP contribution in [-0.4, -0.2) is 34.1 Å². The summed E-state index contributed by atoms with van der Waals surface area (Å²) in [5.41, 5.74) is 1.56. The minimum atomic E-state index is 0.443. The second-order valence-corrected chi connectivity index (χ2v) is 6.71. The van der Waals surface area contributed by atoms with E-state index in [0.29, 0.717) is 5.41 Å². The molecule has 0 atom stereocenters. The van der Waals surface area contributed by atoms with Gasteiger partial charge < -0.3 is 5.32 Å². The van der Waals surface area contributed by atoms with Crippen molar-refractivity contribution in [2.45, 2.75) is 46.6 Å². The maximum absolute atomic E-state index is 4.28. The van der Waals surface area contributed by atoms with Gasteiger partial charge in [-0.15, -0.1) is 5.10 Å². The number of nitrogens with one attached hydrogen (secondary N) is 1. The van der Waals surface area contributed by atoms with E-state index in [4.69, 9.17) is 0 Å². The van der Waals surface area contributed by atoms with Crippen LogP contribution in [0.5, 0.6) is 0 Å². The van der Waals surface area contributed by atoms with Gasteiger partial charge in [0.05, 0.1) is 0 Å². The second kappa shape index (κ2) is 5.97. The molecule has 1 N–H and O–H groups in total. The SMILES string of the molecule is CCCNc1snnc1CN1CCCC(C)(C)C1. The van der Waals surface area contributed by atoms with Gasteiger partial charge in [0.15, 0.2) is 0 Å². The molecule has 0 unspecified atom stereocenters. The first-order valence-corrected chi connectivity index (χ1v) is 7.65. The molecular weight excluding hydrogens is 244 g/mol. The van der Waals surface area contributed by atoms with Crippen molar-refractivity contribution >= 4 is 16.5 Å². The zero-order valence-electron chi connectivity index (χ0n) is 11.7. The average Bonchev–Trinajstić information content (AvgIpc) is 2.72. The Bertz CT molecular complexity index is 375. The molecule has 1 saturated heterocycles. The normalized spacial score (nSPS) is 19.9. The highest BCUT2D eigenvalue weighted by Crippen LogP contribution is 2.30. The number of nitrogens with zero attached hydrogens (tertiary/aromatic N) is 3. The smallest absolute Gasteiger partial charge is 0.134 e.